The Hall–Kier alpha value is -1.75. The first-order valence-corrected chi connectivity index (χ1v) is 6.39. The number of amides is 1. The second-order valence-corrected chi connectivity index (χ2v) is 4.71. The number of hydrogen-bond donors (Lipinski definition) is 3. The summed E-state index contributed by atoms with van der Waals surface area (Å²) in [6, 6.07) is 3.91. The van der Waals surface area contributed by atoms with Gasteiger partial charge in [-0.1, -0.05) is 6.07 Å². The molecular weight excluding hydrogens is 244 g/mol. The molecule has 0 aliphatic heterocycles. The zero-order valence-corrected chi connectivity index (χ0v) is 11.8. The molecule has 3 N–H and O–H groups in total. The molecule has 5 nitrogen and oxygen atoms in total. The number of carbonyl (C=O) groups excluding carboxylic acids is 1. The Bertz CT molecular complexity index is 448. The highest BCUT2D eigenvalue weighted by Gasteiger charge is 2.20. The highest BCUT2D eigenvalue weighted by molar-refractivity contribution is 5.81. The van der Waals surface area contributed by atoms with Gasteiger partial charge in [0.15, 0.2) is 0 Å². The molecule has 0 heterocycles. The second kappa shape index (κ2) is 6.43. The van der Waals surface area contributed by atoms with Crippen LogP contribution in [0.3, 0.4) is 0 Å². The maximum absolute atomic E-state index is 11.9. The van der Waals surface area contributed by atoms with Crippen LogP contribution in [-0.4, -0.2) is 40.7 Å². The minimum absolute atomic E-state index is 0.00705. The molecule has 0 aliphatic carbocycles. The molecule has 0 bridgehead atoms. The maximum Gasteiger partial charge on any atom is 0.239 e. The highest BCUT2D eigenvalue weighted by Crippen LogP contribution is 2.27. The minimum atomic E-state index is -0.340. The van der Waals surface area contributed by atoms with Crippen molar-refractivity contribution in [2.75, 3.05) is 13.6 Å². The monoisotopic (exact) mass is 266 g/mol. The van der Waals surface area contributed by atoms with Gasteiger partial charge in [-0.2, -0.15) is 0 Å². The first kappa shape index (κ1) is 15.3. The number of phenols is 2. The molecule has 2 unspecified atom stereocenters. The van der Waals surface area contributed by atoms with Crippen LogP contribution in [0.1, 0.15) is 32.4 Å². The topological polar surface area (TPSA) is 72.8 Å². The van der Waals surface area contributed by atoms with Gasteiger partial charge in [-0.15, -0.1) is 0 Å². The minimum Gasteiger partial charge on any atom is -0.508 e. The fraction of sp³-hybridized carbons (Fsp3) is 0.500. The molecule has 0 fully saturated rings. The van der Waals surface area contributed by atoms with E-state index in [2.05, 4.69) is 5.32 Å². The van der Waals surface area contributed by atoms with E-state index in [4.69, 9.17) is 0 Å². The van der Waals surface area contributed by atoms with Crippen molar-refractivity contribution >= 4 is 5.91 Å². The quantitative estimate of drug-likeness (QED) is 0.757. The molecule has 0 aromatic heterocycles. The van der Waals surface area contributed by atoms with Gasteiger partial charge in [0.1, 0.15) is 11.5 Å². The molecule has 0 spiro atoms. The summed E-state index contributed by atoms with van der Waals surface area (Å²) >= 11 is 0. The Morgan fingerprint density at radius 1 is 1.37 bits per heavy atom. The normalized spacial score (nSPS) is 13.9. The fourth-order valence-corrected chi connectivity index (χ4v) is 1.92. The molecule has 0 radical (unpaired) electrons. The number of rotatable bonds is 5. The number of phenolic OH excluding ortho intramolecular Hbond substituents is 2. The van der Waals surface area contributed by atoms with Crippen LogP contribution < -0.4 is 5.32 Å². The van der Waals surface area contributed by atoms with Crippen molar-refractivity contribution < 1.29 is 15.0 Å². The van der Waals surface area contributed by atoms with Crippen molar-refractivity contribution in [3.63, 3.8) is 0 Å². The third-order valence-electron chi connectivity index (χ3n) is 3.20. The summed E-state index contributed by atoms with van der Waals surface area (Å²) in [4.78, 5) is 13.6. The van der Waals surface area contributed by atoms with Crippen molar-refractivity contribution in [2.24, 2.45) is 0 Å². The van der Waals surface area contributed by atoms with E-state index >= 15 is 0 Å². The zero-order valence-electron chi connectivity index (χ0n) is 11.8. The second-order valence-electron chi connectivity index (χ2n) is 4.71. The number of nitrogens with one attached hydrogen (secondary N) is 1. The van der Waals surface area contributed by atoms with Crippen molar-refractivity contribution in [3.05, 3.63) is 23.8 Å². The third kappa shape index (κ3) is 3.86. The standard InChI is InChI=1S/C14H22N2O3/c1-5-16(4)14(19)10(3)15-9(2)12-7-6-11(17)8-13(12)18/h6-10,15,17-18H,5H2,1-4H3. The number of carbonyl (C=O) groups is 1. The van der Waals surface area contributed by atoms with Crippen molar-refractivity contribution in [1.82, 2.24) is 10.2 Å². The van der Waals surface area contributed by atoms with Gasteiger partial charge in [-0.05, 0) is 26.8 Å². The van der Waals surface area contributed by atoms with Crippen LogP contribution in [0.4, 0.5) is 0 Å². The summed E-state index contributed by atoms with van der Waals surface area (Å²) < 4.78 is 0. The number of aromatic hydroxyl groups is 2. The van der Waals surface area contributed by atoms with Gasteiger partial charge < -0.3 is 15.1 Å². The van der Waals surface area contributed by atoms with Crippen LogP contribution in [-0.2, 0) is 4.79 Å². The van der Waals surface area contributed by atoms with Crippen LogP contribution in [0.25, 0.3) is 0 Å². The van der Waals surface area contributed by atoms with Gasteiger partial charge in [-0.3, -0.25) is 10.1 Å². The van der Waals surface area contributed by atoms with E-state index < -0.39 is 0 Å². The average Bonchev–Trinajstić information content (AvgIpc) is 2.36. The molecule has 5 heteroatoms. The van der Waals surface area contributed by atoms with Crippen LogP contribution in [0, 0.1) is 0 Å². The predicted octanol–water partition coefficient (Wildman–Crippen LogP) is 1.62. The molecule has 0 aliphatic rings. The Labute approximate surface area is 113 Å². The summed E-state index contributed by atoms with van der Waals surface area (Å²) in [5.41, 5.74) is 0.650. The van der Waals surface area contributed by atoms with E-state index in [0.717, 1.165) is 0 Å². The SMILES string of the molecule is CCN(C)C(=O)C(C)NC(C)c1ccc(O)cc1O. The predicted molar refractivity (Wildman–Crippen MR) is 74.1 cm³/mol. The van der Waals surface area contributed by atoms with Gasteiger partial charge in [-0.25, -0.2) is 0 Å². The molecule has 0 saturated carbocycles. The molecule has 2 atom stereocenters. The van der Waals surface area contributed by atoms with Gasteiger partial charge in [0.2, 0.25) is 5.91 Å². The Balaban J connectivity index is 2.74. The summed E-state index contributed by atoms with van der Waals surface area (Å²) in [6.45, 7) is 6.23. The molecule has 1 aromatic carbocycles. The van der Waals surface area contributed by atoms with E-state index in [1.807, 2.05) is 13.8 Å². The Morgan fingerprint density at radius 3 is 2.53 bits per heavy atom. The van der Waals surface area contributed by atoms with Gasteiger partial charge in [0.25, 0.3) is 0 Å². The zero-order chi connectivity index (χ0) is 14.6. The molecule has 19 heavy (non-hydrogen) atoms. The third-order valence-corrected chi connectivity index (χ3v) is 3.20. The van der Waals surface area contributed by atoms with E-state index in [1.165, 1.54) is 12.1 Å². The number of likely N-dealkylation sites (N-methyl/N-ethyl adjacent to an activating group) is 1. The summed E-state index contributed by atoms with van der Waals surface area (Å²) in [5, 5.41) is 22.2. The summed E-state index contributed by atoms with van der Waals surface area (Å²) in [7, 11) is 1.75. The van der Waals surface area contributed by atoms with Crippen molar-refractivity contribution in [1.29, 1.82) is 0 Å². The van der Waals surface area contributed by atoms with E-state index in [0.29, 0.717) is 12.1 Å². The smallest absolute Gasteiger partial charge is 0.239 e. The molecule has 1 amide bonds. The number of benzene rings is 1. The lowest BCUT2D eigenvalue weighted by Crippen LogP contribution is -2.43. The Morgan fingerprint density at radius 2 is 2.00 bits per heavy atom. The van der Waals surface area contributed by atoms with Gasteiger partial charge in [0, 0.05) is 31.3 Å². The number of hydrogen-bond acceptors (Lipinski definition) is 4. The van der Waals surface area contributed by atoms with E-state index in [-0.39, 0.29) is 29.5 Å². The van der Waals surface area contributed by atoms with Crippen molar-refractivity contribution in [2.45, 2.75) is 32.9 Å². The van der Waals surface area contributed by atoms with Gasteiger partial charge >= 0.3 is 0 Å². The lowest BCUT2D eigenvalue weighted by Gasteiger charge is -2.24. The van der Waals surface area contributed by atoms with Gasteiger partial charge in [0.05, 0.1) is 6.04 Å². The van der Waals surface area contributed by atoms with Crippen LogP contribution in [0.5, 0.6) is 11.5 Å². The first-order chi connectivity index (χ1) is 8.86. The molecule has 1 aromatic rings. The lowest BCUT2D eigenvalue weighted by atomic mass is 10.1. The van der Waals surface area contributed by atoms with Crippen LogP contribution >= 0.6 is 0 Å². The number of nitrogens with zero attached hydrogens (tertiary/aromatic N) is 1. The summed E-state index contributed by atoms with van der Waals surface area (Å²) in [6.07, 6.45) is 0. The lowest BCUT2D eigenvalue weighted by molar-refractivity contribution is -0.131. The van der Waals surface area contributed by atoms with Crippen LogP contribution in [0.15, 0.2) is 18.2 Å². The molecule has 106 valence electrons. The van der Waals surface area contributed by atoms with Crippen molar-refractivity contribution in [3.8, 4) is 11.5 Å². The maximum atomic E-state index is 11.9. The van der Waals surface area contributed by atoms with E-state index in [9.17, 15) is 15.0 Å². The molecule has 1 rings (SSSR count). The molecular formula is C14H22N2O3. The average molecular weight is 266 g/mol. The highest BCUT2D eigenvalue weighted by atomic mass is 16.3. The first-order valence-electron chi connectivity index (χ1n) is 6.39. The fourth-order valence-electron chi connectivity index (χ4n) is 1.92. The Kier molecular flexibility index (Phi) is 5.18. The van der Waals surface area contributed by atoms with Crippen LogP contribution in [0.2, 0.25) is 0 Å². The molecule has 0 saturated heterocycles. The summed E-state index contributed by atoms with van der Waals surface area (Å²) in [5.74, 6) is 0.0411. The largest absolute Gasteiger partial charge is 0.508 e. The van der Waals surface area contributed by atoms with E-state index in [1.54, 1.807) is 24.9 Å².